The SMILES string of the molecule is O=C(O)c1ccc2onc(CF)c2c1. The number of carboxylic acids is 1. The van der Waals surface area contributed by atoms with Crippen molar-refractivity contribution in [3.8, 4) is 0 Å². The van der Waals surface area contributed by atoms with E-state index in [-0.39, 0.29) is 11.3 Å². The summed E-state index contributed by atoms with van der Waals surface area (Å²) >= 11 is 0. The predicted octanol–water partition coefficient (Wildman–Crippen LogP) is 2.00. The maximum absolute atomic E-state index is 12.4. The van der Waals surface area contributed by atoms with Crippen LogP contribution < -0.4 is 0 Å². The van der Waals surface area contributed by atoms with Crippen LogP contribution >= 0.6 is 0 Å². The van der Waals surface area contributed by atoms with Gasteiger partial charge in [-0.15, -0.1) is 0 Å². The lowest BCUT2D eigenvalue weighted by Gasteiger charge is -1.93. The maximum Gasteiger partial charge on any atom is 0.335 e. The van der Waals surface area contributed by atoms with Gasteiger partial charge in [-0.3, -0.25) is 0 Å². The van der Waals surface area contributed by atoms with Gasteiger partial charge in [0.15, 0.2) is 5.58 Å². The molecule has 0 saturated heterocycles. The first-order valence-corrected chi connectivity index (χ1v) is 3.90. The number of carbonyl (C=O) groups is 1. The number of nitrogens with zero attached hydrogens (tertiary/aromatic N) is 1. The van der Waals surface area contributed by atoms with Crippen LogP contribution in [0, 0.1) is 0 Å². The Balaban J connectivity index is 2.67. The molecule has 14 heavy (non-hydrogen) atoms. The fourth-order valence-electron chi connectivity index (χ4n) is 1.22. The molecule has 0 atom stereocenters. The third kappa shape index (κ3) is 1.22. The highest BCUT2D eigenvalue weighted by Crippen LogP contribution is 2.20. The van der Waals surface area contributed by atoms with Crippen molar-refractivity contribution < 1.29 is 18.8 Å². The number of aromatic carboxylic acids is 1. The fraction of sp³-hybridized carbons (Fsp3) is 0.111. The monoisotopic (exact) mass is 195 g/mol. The van der Waals surface area contributed by atoms with Gasteiger partial charge >= 0.3 is 5.97 Å². The molecule has 0 saturated carbocycles. The third-order valence-corrected chi connectivity index (χ3v) is 1.92. The summed E-state index contributed by atoms with van der Waals surface area (Å²) in [6.45, 7) is -0.768. The molecule has 0 fully saturated rings. The van der Waals surface area contributed by atoms with Gasteiger partial charge in [-0.2, -0.15) is 0 Å². The molecular weight excluding hydrogens is 189 g/mol. The van der Waals surface area contributed by atoms with Crippen LogP contribution in [0.2, 0.25) is 0 Å². The highest BCUT2D eigenvalue weighted by Gasteiger charge is 2.10. The van der Waals surface area contributed by atoms with E-state index in [0.29, 0.717) is 11.0 Å². The molecule has 0 aliphatic carbocycles. The zero-order valence-electron chi connectivity index (χ0n) is 7.03. The van der Waals surface area contributed by atoms with Gasteiger partial charge in [0.25, 0.3) is 0 Å². The molecule has 1 aromatic carbocycles. The van der Waals surface area contributed by atoms with Crippen LogP contribution in [0.1, 0.15) is 16.1 Å². The second-order valence-corrected chi connectivity index (χ2v) is 2.78. The van der Waals surface area contributed by atoms with Crippen molar-refractivity contribution in [2.45, 2.75) is 6.67 Å². The van der Waals surface area contributed by atoms with Crippen molar-refractivity contribution in [2.75, 3.05) is 0 Å². The van der Waals surface area contributed by atoms with E-state index in [9.17, 15) is 9.18 Å². The zero-order valence-corrected chi connectivity index (χ0v) is 7.03. The van der Waals surface area contributed by atoms with Gasteiger partial charge < -0.3 is 9.63 Å². The first-order valence-electron chi connectivity index (χ1n) is 3.90. The number of aromatic nitrogens is 1. The number of alkyl halides is 1. The number of halogens is 1. The molecule has 1 heterocycles. The topological polar surface area (TPSA) is 63.3 Å². The second kappa shape index (κ2) is 3.10. The molecule has 0 unspecified atom stereocenters. The molecule has 72 valence electrons. The minimum atomic E-state index is -1.06. The van der Waals surface area contributed by atoms with Crippen molar-refractivity contribution in [3.63, 3.8) is 0 Å². The highest BCUT2D eigenvalue weighted by molar-refractivity contribution is 5.93. The van der Waals surface area contributed by atoms with Gasteiger partial charge in [-0.1, -0.05) is 5.16 Å². The summed E-state index contributed by atoms with van der Waals surface area (Å²) in [4.78, 5) is 10.6. The molecule has 2 rings (SSSR count). The number of fused-ring (bicyclic) bond motifs is 1. The van der Waals surface area contributed by atoms with Crippen LogP contribution in [0.5, 0.6) is 0 Å². The molecule has 1 N–H and O–H groups in total. The molecule has 2 aromatic rings. The van der Waals surface area contributed by atoms with Gasteiger partial charge in [0, 0.05) is 5.39 Å². The normalized spacial score (nSPS) is 10.6. The number of benzene rings is 1. The Kier molecular flexibility index (Phi) is 1.92. The lowest BCUT2D eigenvalue weighted by molar-refractivity contribution is 0.0697. The summed E-state index contributed by atoms with van der Waals surface area (Å²) in [7, 11) is 0. The molecule has 0 aliphatic rings. The summed E-state index contributed by atoms with van der Waals surface area (Å²) in [6, 6.07) is 4.20. The van der Waals surface area contributed by atoms with E-state index < -0.39 is 12.6 Å². The smallest absolute Gasteiger partial charge is 0.335 e. The van der Waals surface area contributed by atoms with E-state index in [0.717, 1.165) is 0 Å². The van der Waals surface area contributed by atoms with E-state index in [2.05, 4.69) is 5.16 Å². The number of rotatable bonds is 2. The first-order chi connectivity index (χ1) is 6.72. The quantitative estimate of drug-likeness (QED) is 0.795. The van der Waals surface area contributed by atoms with Gasteiger partial charge in [-0.05, 0) is 18.2 Å². The Morgan fingerprint density at radius 3 is 3.00 bits per heavy atom. The fourth-order valence-corrected chi connectivity index (χ4v) is 1.22. The minimum Gasteiger partial charge on any atom is -0.478 e. The molecule has 0 bridgehead atoms. The standard InChI is InChI=1S/C9H6FNO3/c10-4-7-6-3-5(9(12)13)1-2-8(6)14-11-7/h1-3H,4H2,(H,12,13). The van der Waals surface area contributed by atoms with E-state index >= 15 is 0 Å². The Morgan fingerprint density at radius 2 is 2.36 bits per heavy atom. The Bertz CT molecular complexity index is 492. The summed E-state index contributed by atoms with van der Waals surface area (Å²) < 4.78 is 17.1. The predicted molar refractivity (Wildman–Crippen MR) is 45.8 cm³/mol. The Labute approximate surface area is 77.9 Å². The molecule has 5 heteroatoms. The van der Waals surface area contributed by atoms with Crippen LogP contribution in [0.3, 0.4) is 0 Å². The van der Waals surface area contributed by atoms with Crippen LogP contribution in [0.15, 0.2) is 22.7 Å². The Hall–Kier alpha value is -1.91. The van der Waals surface area contributed by atoms with E-state index in [1.54, 1.807) is 0 Å². The summed E-state index contributed by atoms with van der Waals surface area (Å²) in [6.07, 6.45) is 0. The van der Waals surface area contributed by atoms with Crippen molar-refractivity contribution in [2.24, 2.45) is 0 Å². The van der Waals surface area contributed by atoms with Crippen LogP contribution in [0.25, 0.3) is 11.0 Å². The van der Waals surface area contributed by atoms with E-state index in [1.165, 1.54) is 18.2 Å². The second-order valence-electron chi connectivity index (χ2n) is 2.78. The third-order valence-electron chi connectivity index (χ3n) is 1.92. The lowest BCUT2D eigenvalue weighted by Crippen LogP contribution is -1.95. The minimum absolute atomic E-state index is 0.0930. The highest BCUT2D eigenvalue weighted by atomic mass is 19.1. The number of hydrogen-bond donors (Lipinski definition) is 1. The van der Waals surface area contributed by atoms with Gasteiger partial charge in [0.05, 0.1) is 5.56 Å². The lowest BCUT2D eigenvalue weighted by atomic mass is 10.1. The summed E-state index contributed by atoms with van der Waals surface area (Å²) in [5.74, 6) is -1.06. The zero-order chi connectivity index (χ0) is 10.1. The average molecular weight is 195 g/mol. The van der Waals surface area contributed by atoms with Gasteiger partial charge in [-0.25, -0.2) is 9.18 Å². The molecule has 0 radical (unpaired) electrons. The van der Waals surface area contributed by atoms with Crippen LogP contribution in [0.4, 0.5) is 4.39 Å². The molecule has 0 spiro atoms. The van der Waals surface area contributed by atoms with Crippen molar-refractivity contribution in [1.82, 2.24) is 5.16 Å². The van der Waals surface area contributed by atoms with Crippen molar-refractivity contribution in [3.05, 3.63) is 29.5 Å². The largest absolute Gasteiger partial charge is 0.478 e. The van der Waals surface area contributed by atoms with Crippen molar-refractivity contribution in [1.29, 1.82) is 0 Å². The molecule has 0 aliphatic heterocycles. The molecule has 4 nitrogen and oxygen atoms in total. The van der Waals surface area contributed by atoms with Gasteiger partial charge in [0.1, 0.15) is 12.4 Å². The van der Waals surface area contributed by atoms with Crippen LogP contribution in [-0.4, -0.2) is 16.2 Å². The van der Waals surface area contributed by atoms with Crippen LogP contribution in [-0.2, 0) is 6.67 Å². The first kappa shape index (κ1) is 8.68. The van der Waals surface area contributed by atoms with E-state index in [4.69, 9.17) is 9.63 Å². The average Bonchev–Trinajstić information content (AvgIpc) is 2.59. The Morgan fingerprint density at radius 1 is 1.57 bits per heavy atom. The number of carboxylic acid groups (broad SMARTS) is 1. The summed E-state index contributed by atoms with van der Waals surface area (Å²) in [5.41, 5.74) is 0.612. The molecule has 1 aromatic heterocycles. The van der Waals surface area contributed by atoms with E-state index in [1.807, 2.05) is 0 Å². The van der Waals surface area contributed by atoms with Gasteiger partial charge in [0.2, 0.25) is 0 Å². The summed E-state index contributed by atoms with van der Waals surface area (Å²) in [5, 5.41) is 12.6. The van der Waals surface area contributed by atoms with Crippen molar-refractivity contribution >= 4 is 16.9 Å². The molecular formula is C9H6FNO3. The maximum atomic E-state index is 12.4. The molecule has 0 amide bonds. The number of hydrogen-bond acceptors (Lipinski definition) is 3.